The first-order valence-corrected chi connectivity index (χ1v) is 5.45. The predicted molar refractivity (Wildman–Crippen MR) is 60.5 cm³/mol. The average Bonchev–Trinajstić information content (AvgIpc) is 2.65. The molecule has 0 atom stereocenters. The molecule has 0 spiro atoms. The normalized spacial score (nSPS) is 10.4. The molecule has 0 saturated carbocycles. The molecule has 0 aromatic carbocycles. The Kier molecular flexibility index (Phi) is 4.68. The smallest absolute Gasteiger partial charge is 0.360 e. The van der Waals surface area contributed by atoms with Crippen molar-refractivity contribution < 1.29 is 18.7 Å². The Morgan fingerprint density at radius 2 is 2.24 bits per heavy atom. The van der Waals surface area contributed by atoms with Gasteiger partial charge in [0.2, 0.25) is 5.91 Å². The number of nitrogens with one attached hydrogen (secondary N) is 1. The molecule has 0 aliphatic heterocycles. The van der Waals surface area contributed by atoms with E-state index in [9.17, 15) is 9.59 Å². The van der Waals surface area contributed by atoms with E-state index < -0.39 is 5.97 Å². The number of rotatable bonds is 5. The number of hydrogen-bond acceptors (Lipinski definition) is 5. The monoisotopic (exact) mass is 240 g/mol. The van der Waals surface area contributed by atoms with Gasteiger partial charge in [-0.2, -0.15) is 4.98 Å². The lowest BCUT2D eigenvalue weighted by Crippen LogP contribution is -2.14. The van der Waals surface area contributed by atoms with Gasteiger partial charge in [-0.3, -0.25) is 10.1 Å². The third-order valence-electron chi connectivity index (χ3n) is 1.83. The molecule has 0 unspecified atom stereocenters. The molecule has 6 heteroatoms. The number of anilines is 1. The van der Waals surface area contributed by atoms with Gasteiger partial charge in [-0.05, 0) is 12.8 Å². The third-order valence-corrected chi connectivity index (χ3v) is 1.83. The van der Waals surface area contributed by atoms with E-state index in [2.05, 4.69) is 10.3 Å². The van der Waals surface area contributed by atoms with Crippen LogP contribution in [0.15, 0.2) is 10.7 Å². The number of ether oxygens (including phenoxy) is 1. The van der Waals surface area contributed by atoms with Gasteiger partial charge in [0.25, 0.3) is 0 Å². The summed E-state index contributed by atoms with van der Waals surface area (Å²) in [6, 6.07) is 0.0127. The Balaban J connectivity index is 2.56. The first-order valence-electron chi connectivity index (χ1n) is 5.45. The molecule has 0 saturated heterocycles. The van der Waals surface area contributed by atoms with E-state index in [4.69, 9.17) is 9.15 Å². The van der Waals surface area contributed by atoms with Gasteiger partial charge in [0.15, 0.2) is 5.69 Å². The first kappa shape index (κ1) is 13.2. The van der Waals surface area contributed by atoms with Crippen molar-refractivity contribution in [1.82, 2.24) is 4.98 Å². The van der Waals surface area contributed by atoms with Crippen molar-refractivity contribution in [2.75, 3.05) is 11.9 Å². The summed E-state index contributed by atoms with van der Waals surface area (Å²) in [6.07, 6.45) is 1.53. The number of amides is 1. The second-order valence-corrected chi connectivity index (χ2v) is 3.90. The maximum Gasteiger partial charge on any atom is 0.360 e. The summed E-state index contributed by atoms with van der Waals surface area (Å²) in [5.41, 5.74) is 0.0479. The maximum atomic E-state index is 11.4. The van der Waals surface area contributed by atoms with Crippen molar-refractivity contribution >= 4 is 17.9 Å². The van der Waals surface area contributed by atoms with Crippen molar-refractivity contribution in [3.63, 3.8) is 0 Å². The van der Waals surface area contributed by atoms with E-state index in [0.29, 0.717) is 6.42 Å². The molecule has 0 fully saturated rings. The molecule has 0 aliphatic carbocycles. The highest BCUT2D eigenvalue weighted by atomic mass is 16.5. The van der Waals surface area contributed by atoms with Crippen LogP contribution in [-0.4, -0.2) is 23.5 Å². The Morgan fingerprint density at radius 3 is 2.82 bits per heavy atom. The number of hydrogen-bond donors (Lipinski definition) is 1. The van der Waals surface area contributed by atoms with Gasteiger partial charge in [-0.25, -0.2) is 4.79 Å². The number of nitrogens with zero attached hydrogens (tertiary/aromatic N) is 1. The number of carbonyl (C=O) groups is 2. The first-order chi connectivity index (χ1) is 8.02. The number of oxazole rings is 1. The van der Waals surface area contributed by atoms with Crippen LogP contribution in [0.5, 0.6) is 0 Å². The van der Waals surface area contributed by atoms with Crippen LogP contribution in [0.25, 0.3) is 0 Å². The second-order valence-electron chi connectivity index (χ2n) is 3.90. The summed E-state index contributed by atoms with van der Waals surface area (Å²) >= 11 is 0. The highest BCUT2D eigenvalue weighted by Gasteiger charge is 2.14. The van der Waals surface area contributed by atoms with E-state index in [1.54, 1.807) is 6.92 Å². The highest BCUT2D eigenvalue weighted by Crippen LogP contribution is 2.10. The van der Waals surface area contributed by atoms with Crippen LogP contribution >= 0.6 is 0 Å². The van der Waals surface area contributed by atoms with Crippen molar-refractivity contribution in [3.8, 4) is 0 Å². The molecule has 0 bridgehead atoms. The molecule has 1 heterocycles. The van der Waals surface area contributed by atoms with Gasteiger partial charge in [-0.1, -0.05) is 13.8 Å². The van der Waals surface area contributed by atoms with Gasteiger partial charge in [0, 0.05) is 6.42 Å². The van der Waals surface area contributed by atoms with E-state index in [1.807, 2.05) is 13.8 Å². The molecule has 1 rings (SSSR count). The van der Waals surface area contributed by atoms with Gasteiger partial charge < -0.3 is 9.15 Å². The van der Waals surface area contributed by atoms with Crippen LogP contribution in [0.1, 0.15) is 37.7 Å². The van der Waals surface area contributed by atoms with Crippen LogP contribution in [0.2, 0.25) is 0 Å². The minimum atomic E-state index is -0.569. The molecule has 17 heavy (non-hydrogen) atoms. The quantitative estimate of drug-likeness (QED) is 0.794. The minimum absolute atomic E-state index is 0.0127. The minimum Gasteiger partial charge on any atom is -0.461 e. The summed E-state index contributed by atoms with van der Waals surface area (Å²) < 4.78 is 9.68. The van der Waals surface area contributed by atoms with Crippen molar-refractivity contribution in [3.05, 3.63) is 12.0 Å². The summed E-state index contributed by atoms with van der Waals surface area (Å²) in [6.45, 7) is 5.82. The van der Waals surface area contributed by atoms with Crippen molar-refractivity contribution in [2.45, 2.75) is 27.2 Å². The van der Waals surface area contributed by atoms with Gasteiger partial charge in [-0.15, -0.1) is 0 Å². The molecule has 0 aliphatic rings. The van der Waals surface area contributed by atoms with Gasteiger partial charge >= 0.3 is 12.0 Å². The fourth-order valence-corrected chi connectivity index (χ4v) is 1.17. The average molecular weight is 240 g/mol. The van der Waals surface area contributed by atoms with Crippen LogP contribution in [0, 0.1) is 5.92 Å². The molecular formula is C11H16N2O4. The number of esters is 1. The van der Waals surface area contributed by atoms with Crippen LogP contribution in [0.3, 0.4) is 0 Å². The second kappa shape index (κ2) is 6.03. The molecule has 0 radical (unpaired) electrons. The van der Waals surface area contributed by atoms with E-state index in [-0.39, 0.29) is 30.1 Å². The molecule has 1 amide bonds. The standard InChI is InChI=1S/C11H16N2O4/c1-4-16-10(15)8-6-17-11(12-8)13-9(14)5-7(2)3/h6-7H,4-5H2,1-3H3,(H,12,13,14). The molecule has 1 N–H and O–H groups in total. The molecule has 6 nitrogen and oxygen atoms in total. The van der Waals surface area contributed by atoms with Gasteiger partial charge in [0.1, 0.15) is 6.26 Å². The Morgan fingerprint density at radius 1 is 1.53 bits per heavy atom. The van der Waals surface area contributed by atoms with E-state index in [0.717, 1.165) is 6.26 Å². The maximum absolute atomic E-state index is 11.4. The topological polar surface area (TPSA) is 81.4 Å². The SMILES string of the molecule is CCOC(=O)c1coc(NC(=O)CC(C)C)n1. The van der Waals surface area contributed by atoms with Gasteiger partial charge in [0.05, 0.1) is 6.61 Å². The third kappa shape index (κ3) is 4.26. The summed E-state index contributed by atoms with van der Waals surface area (Å²) in [7, 11) is 0. The van der Waals surface area contributed by atoms with Crippen molar-refractivity contribution in [1.29, 1.82) is 0 Å². The van der Waals surface area contributed by atoms with Crippen molar-refractivity contribution in [2.24, 2.45) is 5.92 Å². The lowest BCUT2D eigenvalue weighted by atomic mass is 10.1. The Bertz CT molecular complexity index is 398. The van der Waals surface area contributed by atoms with E-state index in [1.165, 1.54) is 0 Å². The number of carbonyl (C=O) groups excluding carboxylic acids is 2. The summed E-state index contributed by atoms with van der Waals surface area (Å²) in [4.78, 5) is 26.5. The fourth-order valence-electron chi connectivity index (χ4n) is 1.17. The molecule has 94 valence electrons. The largest absolute Gasteiger partial charge is 0.461 e. The summed E-state index contributed by atoms with van der Waals surface area (Å²) in [5.74, 6) is -0.521. The van der Waals surface area contributed by atoms with Crippen LogP contribution in [-0.2, 0) is 9.53 Å². The zero-order valence-electron chi connectivity index (χ0n) is 10.1. The predicted octanol–water partition coefficient (Wildman–Crippen LogP) is 1.84. The molecule has 1 aromatic heterocycles. The Hall–Kier alpha value is -1.85. The zero-order chi connectivity index (χ0) is 12.8. The van der Waals surface area contributed by atoms with Crippen LogP contribution < -0.4 is 5.32 Å². The molecular weight excluding hydrogens is 224 g/mol. The Labute approximate surface area is 99.4 Å². The summed E-state index contributed by atoms with van der Waals surface area (Å²) in [5, 5.41) is 2.47. The van der Waals surface area contributed by atoms with Crippen LogP contribution in [0.4, 0.5) is 6.01 Å². The lowest BCUT2D eigenvalue weighted by Gasteiger charge is -2.02. The lowest BCUT2D eigenvalue weighted by molar-refractivity contribution is -0.117. The fraction of sp³-hybridized carbons (Fsp3) is 0.545. The highest BCUT2D eigenvalue weighted by molar-refractivity contribution is 5.90. The molecule has 1 aromatic rings. The van der Waals surface area contributed by atoms with E-state index >= 15 is 0 Å². The zero-order valence-corrected chi connectivity index (χ0v) is 10.1. The number of aromatic nitrogens is 1.